The lowest BCUT2D eigenvalue weighted by Crippen LogP contribution is -2.14. The van der Waals surface area contributed by atoms with E-state index in [1.165, 1.54) is 0 Å². The van der Waals surface area contributed by atoms with Crippen LogP contribution in [0.4, 0.5) is 34.1 Å². The molecular weight excluding hydrogens is 620 g/mol. The van der Waals surface area contributed by atoms with E-state index in [1.807, 2.05) is 78.9 Å². The number of fused-ring (bicyclic) bond motifs is 2. The van der Waals surface area contributed by atoms with Crippen molar-refractivity contribution in [1.82, 2.24) is 0 Å². The molecule has 0 aliphatic heterocycles. The average molecular weight is 653 g/mol. The molecule has 0 spiro atoms. The third-order valence-electron chi connectivity index (χ3n) is 8.28. The minimum Gasteiger partial charge on any atom is -0.423 e. The Balaban J connectivity index is 1.44. The van der Waals surface area contributed by atoms with Crippen molar-refractivity contribution in [3.05, 3.63) is 183 Å². The first-order chi connectivity index (χ1) is 24.5. The van der Waals surface area contributed by atoms with Crippen LogP contribution in [0.15, 0.2) is 183 Å². The van der Waals surface area contributed by atoms with Crippen LogP contribution >= 0.6 is 0 Å². The Morgan fingerprint density at radius 2 is 0.800 bits per heavy atom. The number of hydrogen-bond donors (Lipinski definition) is 0. The normalized spacial score (nSPS) is 10.7. The third kappa shape index (κ3) is 6.46. The van der Waals surface area contributed by atoms with Crippen LogP contribution in [-0.4, -0.2) is 11.9 Å². The maximum Gasteiger partial charge on any atom is 0.335 e. The fraction of sp³-hybridized carbons (Fsp3) is 0. The molecule has 6 nitrogen and oxygen atoms in total. The Hall–Kier alpha value is -6.92. The van der Waals surface area contributed by atoms with Crippen molar-refractivity contribution < 1.29 is 19.1 Å². The molecule has 0 N–H and O–H groups in total. The quantitative estimate of drug-likeness (QED) is 0.0832. The van der Waals surface area contributed by atoms with Crippen molar-refractivity contribution >= 4 is 67.6 Å². The second-order valence-corrected chi connectivity index (χ2v) is 11.4. The number of rotatable bonds is 10. The highest BCUT2D eigenvalue weighted by molar-refractivity contribution is 6.01. The number of nitrogens with zero attached hydrogens (tertiary/aromatic N) is 2. The van der Waals surface area contributed by atoms with Crippen molar-refractivity contribution in [2.45, 2.75) is 0 Å². The van der Waals surface area contributed by atoms with Gasteiger partial charge in [-0.05, 0) is 65.4 Å². The first-order valence-electron chi connectivity index (χ1n) is 16.1. The van der Waals surface area contributed by atoms with Crippen LogP contribution in [0, 0.1) is 0 Å². The van der Waals surface area contributed by atoms with Crippen molar-refractivity contribution in [2.75, 3.05) is 9.80 Å². The van der Waals surface area contributed by atoms with Gasteiger partial charge in [0.2, 0.25) is 0 Å². The summed E-state index contributed by atoms with van der Waals surface area (Å²) in [5, 5.41) is 4.28. The van der Waals surface area contributed by atoms with Gasteiger partial charge in [-0.15, -0.1) is 0 Å². The molecular formula is C44H32N2O4. The van der Waals surface area contributed by atoms with Gasteiger partial charge in [0.1, 0.15) is 11.5 Å². The van der Waals surface area contributed by atoms with Gasteiger partial charge in [0.15, 0.2) is 0 Å². The molecule has 0 atom stereocenters. The molecule has 0 saturated carbocycles. The number of esters is 2. The van der Waals surface area contributed by atoms with E-state index in [9.17, 15) is 9.59 Å². The van der Waals surface area contributed by atoms with Crippen LogP contribution in [0.1, 0.15) is 0 Å². The van der Waals surface area contributed by atoms with Crippen LogP contribution in [0.25, 0.3) is 21.5 Å². The topological polar surface area (TPSA) is 59.1 Å². The van der Waals surface area contributed by atoms with Gasteiger partial charge >= 0.3 is 11.9 Å². The number of carbonyl (C=O) groups excluding carboxylic acids is 2. The standard InChI is InChI=1S/C44H32N2O4/c1-3-43(47)49-37-22-12-20-35(29-37)45(41-26-9-16-31-14-5-7-24-39(31)41)33-18-11-19-34(28-33)46(36-21-13-23-38(30-36)50-44(48)4-2)42-27-10-17-32-15-6-8-25-40(32)42/h3-30H,1-2H2. The zero-order chi connectivity index (χ0) is 34.5. The fourth-order valence-electron chi connectivity index (χ4n) is 6.12. The Morgan fingerprint density at radius 1 is 0.440 bits per heavy atom. The molecule has 0 aromatic heterocycles. The highest BCUT2D eigenvalue weighted by atomic mass is 16.5. The van der Waals surface area contributed by atoms with Crippen molar-refractivity contribution in [3.63, 3.8) is 0 Å². The number of carbonyl (C=O) groups is 2. The van der Waals surface area contributed by atoms with E-state index in [4.69, 9.17) is 9.47 Å². The molecule has 0 unspecified atom stereocenters. The van der Waals surface area contributed by atoms with Gasteiger partial charge in [-0.1, -0.05) is 104 Å². The smallest absolute Gasteiger partial charge is 0.335 e. The first kappa shape index (κ1) is 31.7. The van der Waals surface area contributed by atoms with Gasteiger partial charge < -0.3 is 19.3 Å². The van der Waals surface area contributed by atoms with Crippen LogP contribution in [0.3, 0.4) is 0 Å². The fourth-order valence-corrected chi connectivity index (χ4v) is 6.12. The monoisotopic (exact) mass is 652 g/mol. The maximum atomic E-state index is 12.2. The number of ether oxygens (including phenoxy) is 2. The lowest BCUT2D eigenvalue weighted by atomic mass is 10.0. The summed E-state index contributed by atoms with van der Waals surface area (Å²) in [6, 6.07) is 52.0. The minimum atomic E-state index is -0.535. The van der Waals surface area contributed by atoms with E-state index in [2.05, 4.69) is 89.7 Å². The van der Waals surface area contributed by atoms with Crippen LogP contribution in [0.5, 0.6) is 11.5 Å². The number of anilines is 6. The van der Waals surface area contributed by atoms with Gasteiger partial charge in [-0.3, -0.25) is 0 Å². The molecule has 242 valence electrons. The van der Waals surface area contributed by atoms with E-state index < -0.39 is 11.9 Å². The number of benzene rings is 7. The molecule has 6 heteroatoms. The number of hydrogen-bond acceptors (Lipinski definition) is 6. The predicted octanol–water partition coefficient (Wildman–Crippen LogP) is 11.1. The molecule has 0 saturated heterocycles. The maximum absolute atomic E-state index is 12.2. The van der Waals surface area contributed by atoms with Gasteiger partial charge in [0, 0.05) is 57.8 Å². The second-order valence-electron chi connectivity index (χ2n) is 11.4. The molecule has 0 fully saturated rings. The van der Waals surface area contributed by atoms with Crippen LogP contribution < -0.4 is 19.3 Å². The van der Waals surface area contributed by atoms with Gasteiger partial charge in [0.05, 0.1) is 11.4 Å². The molecule has 0 radical (unpaired) electrons. The van der Waals surface area contributed by atoms with Gasteiger partial charge in [-0.2, -0.15) is 0 Å². The van der Waals surface area contributed by atoms with Crippen molar-refractivity contribution in [1.29, 1.82) is 0 Å². The molecule has 7 aromatic carbocycles. The average Bonchev–Trinajstić information content (AvgIpc) is 3.16. The highest BCUT2D eigenvalue weighted by Gasteiger charge is 2.21. The SMILES string of the molecule is C=CC(=O)Oc1cccc(N(c2cccc(N(c3cccc(OC(=O)C=C)c3)c3cccc4ccccc34)c2)c2cccc3ccccc23)c1. The Morgan fingerprint density at radius 3 is 1.24 bits per heavy atom. The molecule has 50 heavy (non-hydrogen) atoms. The second kappa shape index (κ2) is 14.1. The summed E-state index contributed by atoms with van der Waals surface area (Å²) in [6.45, 7) is 7.09. The first-order valence-corrected chi connectivity index (χ1v) is 16.1. The molecule has 0 aliphatic carbocycles. The largest absolute Gasteiger partial charge is 0.423 e. The van der Waals surface area contributed by atoms with E-state index in [1.54, 1.807) is 12.1 Å². The summed E-state index contributed by atoms with van der Waals surface area (Å²) in [4.78, 5) is 28.6. The summed E-state index contributed by atoms with van der Waals surface area (Å²) in [6.07, 6.45) is 2.29. The summed E-state index contributed by atoms with van der Waals surface area (Å²) < 4.78 is 11.1. The van der Waals surface area contributed by atoms with E-state index in [-0.39, 0.29) is 0 Å². The molecule has 0 aliphatic rings. The summed E-state index contributed by atoms with van der Waals surface area (Å²) in [5.41, 5.74) is 5.21. The summed E-state index contributed by atoms with van der Waals surface area (Å²) in [5.74, 6) is -0.269. The molecule has 0 heterocycles. The predicted molar refractivity (Wildman–Crippen MR) is 202 cm³/mol. The molecule has 0 amide bonds. The van der Waals surface area contributed by atoms with Crippen molar-refractivity contribution in [2.24, 2.45) is 0 Å². The van der Waals surface area contributed by atoms with Gasteiger partial charge in [0.25, 0.3) is 0 Å². The Kier molecular flexibility index (Phi) is 8.90. The summed E-state index contributed by atoms with van der Waals surface area (Å²) >= 11 is 0. The van der Waals surface area contributed by atoms with E-state index >= 15 is 0 Å². The zero-order valence-corrected chi connectivity index (χ0v) is 27.1. The minimum absolute atomic E-state index is 0.400. The lowest BCUT2D eigenvalue weighted by molar-refractivity contribution is -0.129. The Bertz CT molecular complexity index is 2220. The molecule has 7 aromatic rings. The molecule has 7 rings (SSSR count). The zero-order valence-electron chi connectivity index (χ0n) is 27.1. The van der Waals surface area contributed by atoms with E-state index in [0.29, 0.717) is 11.5 Å². The van der Waals surface area contributed by atoms with Crippen molar-refractivity contribution in [3.8, 4) is 11.5 Å². The lowest BCUT2D eigenvalue weighted by Gasteiger charge is -2.30. The molecule has 0 bridgehead atoms. The third-order valence-corrected chi connectivity index (χ3v) is 8.28. The van der Waals surface area contributed by atoms with Crippen LogP contribution in [-0.2, 0) is 9.59 Å². The highest BCUT2D eigenvalue weighted by Crippen LogP contribution is 2.44. The van der Waals surface area contributed by atoms with E-state index in [0.717, 1.165) is 67.8 Å². The Labute approximate surface area is 290 Å². The summed E-state index contributed by atoms with van der Waals surface area (Å²) in [7, 11) is 0. The van der Waals surface area contributed by atoms with Crippen LogP contribution in [0.2, 0.25) is 0 Å². The van der Waals surface area contributed by atoms with Gasteiger partial charge in [-0.25, -0.2) is 9.59 Å².